The normalized spacial score (nSPS) is 20.3. The first-order valence-corrected chi connectivity index (χ1v) is 31.6. The summed E-state index contributed by atoms with van der Waals surface area (Å²) < 4.78 is 33.2. The summed E-state index contributed by atoms with van der Waals surface area (Å²) in [5.74, 6) is -11.4. The number of primary amides is 1. The van der Waals surface area contributed by atoms with Crippen LogP contribution in [0.2, 0.25) is 0 Å². The molecule has 1 unspecified atom stereocenters. The molecule has 9 atom stereocenters. The smallest absolute Gasteiger partial charge is 0.343 e. The number of carbonyl (C=O) groups is 13. The number of aliphatic hydroxyl groups excluding tert-OH is 3. The highest BCUT2D eigenvalue weighted by Crippen LogP contribution is 2.46. The lowest BCUT2D eigenvalue weighted by Crippen LogP contribution is -2.53. The summed E-state index contributed by atoms with van der Waals surface area (Å²) in [4.78, 5) is 187. The maximum Gasteiger partial charge on any atom is 0.343 e. The quantitative estimate of drug-likeness (QED) is 0.0112. The Bertz CT molecular complexity index is 4000. The molecule has 0 radical (unpaired) electrons. The number of cyclic esters (lactones) is 1. The number of nitrogens with zero attached hydrogens (tertiary/aromatic N) is 3. The molecule has 5 aliphatic rings. The van der Waals surface area contributed by atoms with Crippen molar-refractivity contribution >= 4 is 87.8 Å². The van der Waals surface area contributed by atoms with Gasteiger partial charge >= 0.3 is 5.97 Å². The van der Waals surface area contributed by atoms with Crippen molar-refractivity contribution in [1.82, 2.24) is 62.3 Å². The fourth-order valence-corrected chi connectivity index (χ4v) is 12.2. The number of aromatic nitrogens is 2. The Morgan fingerprint density at radius 1 is 0.778 bits per heavy atom. The summed E-state index contributed by atoms with van der Waals surface area (Å²) in [6.07, 6.45) is -6.31. The lowest BCUT2D eigenvalue weighted by atomic mass is 9.81. The van der Waals surface area contributed by atoms with Crippen molar-refractivity contribution < 1.29 is 101 Å². The van der Waals surface area contributed by atoms with Gasteiger partial charge in [-0.25, -0.2) is 14.2 Å². The first-order valence-electron chi connectivity index (χ1n) is 31.6. The van der Waals surface area contributed by atoms with Crippen LogP contribution in [-0.2, 0) is 108 Å². The van der Waals surface area contributed by atoms with Crippen molar-refractivity contribution in [1.29, 1.82) is 0 Å². The predicted octanol–water partition coefficient (Wildman–Crippen LogP) is -5.66. The second-order valence-corrected chi connectivity index (χ2v) is 24.0. The second-order valence-electron chi connectivity index (χ2n) is 24.0. The minimum Gasteiger partial charge on any atom is -0.458 e. The zero-order valence-electron chi connectivity index (χ0n) is 53.6. The van der Waals surface area contributed by atoms with E-state index >= 15 is 4.39 Å². The maximum atomic E-state index is 15.5. The summed E-state index contributed by atoms with van der Waals surface area (Å²) >= 11 is 0. The average Bonchev–Trinajstić information content (AvgIpc) is 1.61. The molecular weight excluding hydrogens is 1310 g/mol. The first-order chi connectivity index (χ1) is 47.2. The van der Waals surface area contributed by atoms with E-state index < -0.39 is 208 Å². The first kappa shape index (κ1) is 72.8. The number of esters is 1. The molecule has 1 aliphatic carbocycles. The molecule has 0 saturated carbocycles. The number of hydrogen-bond donors (Lipinski definition) is 14. The van der Waals surface area contributed by atoms with Gasteiger partial charge in [0.25, 0.3) is 23.3 Å². The van der Waals surface area contributed by atoms with E-state index in [-0.39, 0.29) is 73.5 Å². The number of aryl methyl sites for hydroxylation is 1. The lowest BCUT2D eigenvalue weighted by molar-refractivity contribution is -0.172. The van der Waals surface area contributed by atoms with Gasteiger partial charge in [-0.15, -0.1) is 0 Å². The zero-order valence-corrected chi connectivity index (χ0v) is 53.6. The molecule has 34 nitrogen and oxygen atoms in total. The van der Waals surface area contributed by atoms with E-state index in [0.717, 1.165) is 12.2 Å². The molecule has 2 aromatic carbocycles. The van der Waals surface area contributed by atoms with Crippen LogP contribution in [0, 0.1) is 12.7 Å². The van der Waals surface area contributed by atoms with Crippen LogP contribution in [0.1, 0.15) is 90.4 Å². The lowest BCUT2D eigenvalue weighted by Gasteiger charge is -2.31. The van der Waals surface area contributed by atoms with E-state index in [1.54, 1.807) is 44.2 Å². The van der Waals surface area contributed by atoms with Crippen LogP contribution < -0.4 is 59.1 Å². The number of nitrogens with one attached hydrogen (secondary N) is 9. The Balaban J connectivity index is 0.758. The van der Waals surface area contributed by atoms with Crippen LogP contribution in [-0.4, -0.2) is 207 Å². The number of benzene rings is 2. The highest BCUT2D eigenvalue weighted by Gasteiger charge is 2.47. The highest BCUT2D eigenvalue weighted by molar-refractivity contribution is 6.14. The third-order valence-electron chi connectivity index (χ3n) is 17.5. The fourth-order valence-electron chi connectivity index (χ4n) is 12.2. The van der Waals surface area contributed by atoms with Gasteiger partial charge in [-0.3, -0.25) is 67.2 Å². The zero-order chi connectivity index (χ0) is 71.6. The third-order valence-corrected chi connectivity index (χ3v) is 17.5. The molecule has 99 heavy (non-hydrogen) atoms. The topological polar surface area (TPSA) is 503 Å². The molecule has 1 saturated heterocycles. The fraction of sp³-hybridized carbons (Fsp3) is 0.453. The van der Waals surface area contributed by atoms with Crippen LogP contribution in [0.15, 0.2) is 59.4 Å². The summed E-state index contributed by atoms with van der Waals surface area (Å²) in [5.41, 5.74) is 6.05. The molecule has 9 rings (SSSR count). The summed E-state index contributed by atoms with van der Waals surface area (Å²) in [7, 11) is 0. The predicted molar refractivity (Wildman–Crippen MR) is 337 cm³/mol. The van der Waals surface area contributed by atoms with Gasteiger partial charge in [-0.05, 0) is 60.9 Å². The number of fused-ring (bicyclic) bond motifs is 5. The van der Waals surface area contributed by atoms with E-state index in [0.29, 0.717) is 44.5 Å². The molecule has 15 N–H and O–H groups in total. The Morgan fingerprint density at radius 2 is 1.44 bits per heavy atom. The van der Waals surface area contributed by atoms with Crippen LogP contribution in [0.5, 0.6) is 0 Å². The minimum atomic E-state index is -2.12. The number of carbonyl (C=O) groups excluding carboxylic acids is 13. The Hall–Kier alpha value is -10.5. The molecule has 12 amide bonds. The summed E-state index contributed by atoms with van der Waals surface area (Å²) in [6, 6.07) is 7.45. The number of aliphatic hydroxyl groups is 4. The molecule has 2 aromatic heterocycles. The average molecular weight is 1380 g/mol. The molecule has 1 fully saturated rings. The molecule has 4 aromatic rings. The number of hydrogen-bond acceptors (Lipinski definition) is 22. The molecular formula is C64H74FN13O21. The van der Waals surface area contributed by atoms with E-state index in [4.69, 9.17) is 24.9 Å². The van der Waals surface area contributed by atoms with Gasteiger partial charge < -0.3 is 92.8 Å². The second kappa shape index (κ2) is 31.8. The van der Waals surface area contributed by atoms with Crippen molar-refractivity contribution in [2.24, 2.45) is 5.73 Å². The molecule has 35 heteroatoms. The molecule has 528 valence electrons. The number of nitrogens with two attached hydrogens (primary N) is 1. The monoisotopic (exact) mass is 1380 g/mol. The Kier molecular flexibility index (Phi) is 23.4. The van der Waals surface area contributed by atoms with Crippen LogP contribution in [0.4, 0.5) is 4.39 Å². The van der Waals surface area contributed by atoms with Crippen molar-refractivity contribution in [3.05, 3.63) is 110 Å². The Morgan fingerprint density at radius 3 is 2.13 bits per heavy atom. The molecule has 0 spiro atoms. The van der Waals surface area contributed by atoms with Crippen LogP contribution in [0.3, 0.4) is 0 Å². The van der Waals surface area contributed by atoms with Gasteiger partial charge in [0.15, 0.2) is 11.7 Å². The summed E-state index contributed by atoms with van der Waals surface area (Å²) in [5, 5.41) is 65.0. The SMILES string of the molecule is CC[C@@]1(O)C(=O)OCc2c1cc1n(c2=O)Cc2c-1nc1cc(F)c(C)c3c1c2[C@@H](NC(=O)[C@@H](CO)OCNC(=O)CNC(=O)[C@H](Cc1ccccc1)NC(=O)CNC(=O)CNC(=O)C(CCC(=O)NC[C@H]1O[C@@H](CC(N)=O)[C@H](O)[C@@H]1O)NC(=O)CCNC(=O)CN1C(=O)C=CC1=O)CC3. The van der Waals surface area contributed by atoms with Crippen molar-refractivity contribution in [2.45, 2.75) is 133 Å². The molecule has 6 heterocycles. The number of rotatable bonds is 31. The van der Waals surface area contributed by atoms with Crippen molar-refractivity contribution in [3.63, 3.8) is 0 Å². The van der Waals surface area contributed by atoms with Gasteiger partial charge in [0.1, 0.15) is 56.1 Å². The van der Waals surface area contributed by atoms with Gasteiger partial charge in [-0.1, -0.05) is 37.3 Å². The van der Waals surface area contributed by atoms with Gasteiger partial charge in [0, 0.05) is 67.1 Å². The van der Waals surface area contributed by atoms with E-state index in [1.807, 2.05) is 0 Å². The van der Waals surface area contributed by atoms with Gasteiger partial charge in [-0.2, -0.15) is 0 Å². The van der Waals surface area contributed by atoms with Gasteiger partial charge in [0.05, 0.1) is 73.8 Å². The third kappa shape index (κ3) is 16.9. The molecule has 4 aliphatic heterocycles. The number of ether oxygens (including phenoxy) is 3. The standard InChI is InChI=1S/C64H74FN13O21/c1-3-64(96)35-18-41-56-33(25-77(41)62(94)34(35)28-97-63(64)95)55-37(10-9-32-30(2)36(65)19-39(75-56)54(32)55)76-61(93)44(27-79)98-29-72-49(84)23-71-60(92)40(17-31-7-5-4-6-8-31)74-50(85)24-69-48(83)22-70-59(91)38(73-47(82)15-16-67-51(86)26-78-52(87)13-14-53(78)88)11-12-46(81)68-21-43-58(90)57(89)42(99-43)20-45(66)80/h4-8,13-14,18-19,37-38,40,42-44,57-58,79,89-90,96H,3,9-12,15-17,20-29H2,1-2H3,(H2,66,80)(H,67,86)(H,68,81)(H,69,83)(H,70,91)(H,71,92)(H,72,84)(H,73,82)(H,74,85)(H,76,93)/t37-,38?,40-,42-,43+,44+,57-,58+,64-/m0/s1. The molecule has 0 bridgehead atoms. The van der Waals surface area contributed by atoms with Gasteiger partial charge in [0.2, 0.25) is 53.2 Å². The number of halogens is 1. The minimum absolute atomic E-state index is 0.0407. The largest absolute Gasteiger partial charge is 0.458 e. The van der Waals surface area contributed by atoms with Crippen molar-refractivity contribution in [2.75, 3.05) is 52.6 Å². The van der Waals surface area contributed by atoms with E-state index in [1.165, 1.54) is 16.7 Å². The summed E-state index contributed by atoms with van der Waals surface area (Å²) in [6.45, 7) is -2.30. The Labute approximate surface area is 561 Å². The van der Waals surface area contributed by atoms with E-state index in [2.05, 4.69) is 47.9 Å². The highest BCUT2D eigenvalue weighted by atomic mass is 19.1. The number of pyridine rings is 2. The van der Waals surface area contributed by atoms with Crippen LogP contribution in [0.25, 0.3) is 22.3 Å². The van der Waals surface area contributed by atoms with E-state index in [9.17, 15) is 87.5 Å². The number of imide groups is 1. The number of amides is 12. The van der Waals surface area contributed by atoms with Crippen molar-refractivity contribution in [3.8, 4) is 11.4 Å². The van der Waals surface area contributed by atoms with Crippen LogP contribution >= 0.6 is 0 Å². The maximum absolute atomic E-state index is 15.5.